The first kappa shape index (κ1) is 23.6. The number of sulfonamides is 1. The minimum atomic E-state index is -3.62. The molecule has 2 rings (SSSR count). The van der Waals surface area contributed by atoms with Crippen molar-refractivity contribution in [3.05, 3.63) is 29.3 Å². The molecule has 0 aromatic heterocycles. The molecular weight excluding hydrogens is 416 g/mol. The van der Waals surface area contributed by atoms with Crippen molar-refractivity contribution >= 4 is 33.5 Å². The minimum absolute atomic E-state index is 0.0753. The molecular formula is C20H29ClN2O5S. The van der Waals surface area contributed by atoms with E-state index < -0.39 is 16.0 Å². The maximum Gasteiger partial charge on any atom is 0.325 e. The number of hydrogen-bond acceptors (Lipinski definition) is 5. The quantitative estimate of drug-likeness (QED) is 0.575. The number of carbonyl (C=O) groups is 2. The zero-order chi connectivity index (χ0) is 21.6. The topological polar surface area (TPSA) is 84.0 Å². The molecule has 1 aromatic carbocycles. The van der Waals surface area contributed by atoms with Gasteiger partial charge in [-0.05, 0) is 49.9 Å². The van der Waals surface area contributed by atoms with Crippen LogP contribution in [0.25, 0.3) is 0 Å². The number of halogens is 1. The largest absolute Gasteiger partial charge is 0.465 e. The van der Waals surface area contributed by atoms with Crippen molar-refractivity contribution in [2.45, 2.75) is 38.5 Å². The van der Waals surface area contributed by atoms with Gasteiger partial charge in [0, 0.05) is 30.6 Å². The summed E-state index contributed by atoms with van der Waals surface area (Å²) in [4.78, 5) is 26.6. The SMILES string of the molecule is CCOC(=O)CN(CC(C)C)C(=O)C1CCN(S(=O)(=O)c2ccc(Cl)cc2)CC1. The van der Waals surface area contributed by atoms with E-state index in [4.69, 9.17) is 16.3 Å². The van der Waals surface area contributed by atoms with Gasteiger partial charge in [-0.1, -0.05) is 25.4 Å². The molecule has 0 saturated carbocycles. The molecule has 162 valence electrons. The van der Waals surface area contributed by atoms with E-state index in [1.807, 2.05) is 13.8 Å². The predicted octanol–water partition coefficient (Wildman–Crippen LogP) is 2.79. The molecule has 0 radical (unpaired) electrons. The Morgan fingerprint density at radius 2 is 1.79 bits per heavy atom. The number of rotatable bonds is 8. The molecule has 9 heteroatoms. The summed E-state index contributed by atoms with van der Waals surface area (Å²) in [7, 11) is -3.62. The van der Waals surface area contributed by atoms with Crippen LogP contribution in [0.5, 0.6) is 0 Å². The van der Waals surface area contributed by atoms with E-state index >= 15 is 0 Å². The molecule has 0 N–H and O–H groups in total. The van der Waals surface area contributed by atoms with Gasteiger partial charge in [0.2, 0.25) is 15.9 Å². The lowest BCUT2D eigenvalue weighted by molar-refractivity contribution is -0.151. The summed E-state index contributed by atoms with van der Waals surface area (Å²) in [6.45, 7) is 6.86. The number of benzene rings is 1. The predicted molar refractivity (Wildman–Crippen MR) is 111 cm³/mol. The van der Waals surface area contributed by atoms with Crippen molar-refractivity contribution in [2.24, 2.45) is 11.8 Å². The Morgan fingerprint density at radius 3 is 2.31 bits per heavy atom. The molecule has 1 heterocycles. The number of amides is 1. The van der Waals surface area contributed by atoms with Crippen LogP contribution in [0.15, 0.2) is 29.2 Å². The van der Waals surface area contributed by atoms with Crippen LogP contribution >= 0.6 is 11.6 Å². The third-order valence-electron chi connectivity index (χ3n) is 4.78. The maximum absolute atomic E-state index is 13.0. The van der Waals surface area contributed by atoms with Gasteiger partial charge in [-0.25, -0.2) is 8.42 Å². The fourth-order valence-corrected chi connectivity index (χ4v) is 4.99. The summed E-state index contributed by atoms with van der Waals surface area (Å²) in [6.07, 6.45) is 0.839. The first-order valence-electron chi connectivity index (χ1n) is 9.85. The fraction of sp³-hybridized carbons (Fsp3) is 0.600. The highest BCUT2D eigenvalue weighted by atomic mass is 35.5. The van der Waals surface area contributed by atoms with Crippen LogP contribution in [0.3, 0.4) is 0 Å². The Balaban J connectivity index is 2.02. The number of nitrogens with zero attached hydrogens (tertiary/aromatic N) is 2. The monoisotopic (exact) mass is 444 g/mol. The molecule has 0 aliphatic carbocycles. The molecule has 1 aliphatic heterocycles. The Labute approximate surface area is 178 Å². The lowest BCUT2D eigenvalue weighted by Gasteiger charge is -2.34. The molecule has 29 heavy (non-hydrogen) atoms. The maximum atomic E-state index is 13.0. The van der Waals surface area contributed by atoms with Crippen LogP contribution in [-0.2, 0) is 24.3 Å². The summed E-state index contributed by atoms with van der Waals surface area (Å²) in [5.74, 6) is -0.641. The summed E-state index contributed by atoms with van der Waals surface area (Å²) in [5, 5.41) is 0.472. The Morgan fingerprint density at radius 1 is 1.21 bits per heavy atom. The summed E-state index contributed by atoms with van der Waals surface area (Å²) in [5.41, 5.74) is 0. The van der Waals surface area contributed by atoms with Gasteiger partial charge in [-0.15, -0.1) is 0 Å². The Bertz CT molecular complexity index is 803. The lowest BCUT2D eigenvalue weighted by atomic mass is 9.96. The molecule has 1 amide bonds. The van der Waals surface area contributed by atoms with Crippen molar-refractivity contribution in [3.8, 4) is 0 Å². The number of piperidine rings is 1. The van der Waals surface area contributed by atoms with Crippen molar-refractivity contribution in [1.82, 2.24) is 9.21 Å². The molecule has 0 bridgehead atoms. The van der Waals surface area contributed by atoms with E-state index in [0.717, 1.165) is 0 Å². The summed E-state index contributed by atoms with van der Waals surface area (Å²) in [6, 6.07) is 6.06. The molecule has 1 saturated heterocycles. The van der Waals surface area contributed by atoms with E-state index in [1.165, 1.54) is 21.3 Å². The molecule has 1 fully saturated rings. The van der Waals surface area contributed by atoms with Crippen molar-refractivity contribution in [3.63, 3.8) is 0 Å². The van der Waals surface area contributed by atoms with Crippen LogP contribution in [0.4, 0.5) is 0 Å². The number of esters is 1. The highest BCUT2D eigenvalue weighted by molar-refractivity contribution is 7.89. The van der Waals surface area contributed by atoms with Gasteiger partial charge in [0.1, 0.15) is 6.54 Å². The molecule has 1 aliphatic rings. The van der Waals surface area contributed by atoms with Gasteiger partial charge < -0.3 is 9.64 Å². The molecule has 1 aromatic rings. The van der Waals surface area contributed by atoms with E-state index in [0.29, 0.717) is 24.4 Å². The first-order chi connectivity index (χ1) is 13.6. The zero-order valence-corrected chi connectivity index (χ0v) is 18.7. The number of carbonyl (C=O) groups excluding carboxylic acids is 2. The highest BCUT2D eigenvalue weighted by Gasteiger charge is 2.34. The molecule has 7 nitrogen and oxygen atoms in total. The van der Waals surface area contributed by atoms with Crippen LogP contribution in [-0.4, -0.2) is 62.3 Å². The Kier molecular flexibility index (Phi) is 8.48. The van der Waals surface area contributed by atoms with E-state index in [1.54, 1.807) is 19.1 Å². The van der Waals surface area contributed by atoms with E-state index in [9.17, 15) is 18.0 Å². The zero-order valence-electron chi connectivity index (χ0n) is 17.1. The number of ether oxygens (including phenoxy) is 1. The van der Waals surface area contributed by atoms with Crippen molar-refractivity contribution < 1.29 is 22.7 Å². The second kappa shape index (κ2) is 10.4. The van der Waals surface area contributed by atoms with Gasteiger partial charge in [0.25, 0.3) is 0 Å². The van der Waals surface area contributed by atoms with Crippen LogP contribution in [0, 0.1) is 11.8 Å². The number of hydrogen-bond donors (Lipinski definition) is 0. The highest BCUT2D eigenvalue weighted by Crippen LogP contribution is 2.26. The normalized spacial score (nSPS) is 16.0. The third-order valence-corrected chi connectivity index (χ3v) is 6.94. The molecule has 0 atom stereocenters. The molecule has 0 spiro atoms. The average Bonchev–Trinajstić information content (AvgIpc) is 2.67. The lowest BCUT2D eigenvalue weighted by Crippen LogP contribution is -2.46. The summed E-state index contributed by atoms with van der Waals surface area (Å²) < 4.78 is 32.0. The van der Waals surface area contributed by atoms with Gasteiger partial charge in [-0.2, -0.15) is 4.31 Å². The standard InChI is InChI=1S/C20H29ClN2O5S/c1-4-28-19(24)14-22(13-15(2)3)20(25)16-9-11-23(12-10-16)29(26,27)18-7-5-17(21)6-8-18/h5-8,15-16H,4,9-14H2,1-3H3. The van der Waals surface area contributed by atoms with Crippen LogP contribution < -0.4 is 0 Å². The first-order valence-corrected chi connectivity index (χ1v) is 11.7. The Hall–Kier alpha value is -1.64. The van der Waals surface area contributed by atoms with Crippen molar-refractivity contribution in [2.75, 3.05) is 32.8 Å². The van der Waals surface area contributed by atoms with Gasteiger partial charge in [-0.3, -0.25) is 9.59 Å². The second-order valence-electron chi connectivity index (χ2n) is 7.55. The van der Waals surface area contributed by atoms with Crippen molar-refractivity contribution in [1.29, 1.82) is 0 Å². The van der Waals surface area contributed by atoms with Crippen LogP contribution in [0.2, 0.25) is 5.02 Å². The smallest absolute Gasteiger partial charge is 0.325 e. The van der Waals surface area contributed by atoms with Gasteiger partial charge in [0.05, 0.1) is 11.5 Å². The average molecular weight is 445 g/mol. The second-order valence-corrected chi connectivity index (χ2v) is 9.92. The van der Waals surface area contributed by atoms with Gasteiger partial charge in [0.15, 0.2) is 0 Å². The van der Waals surface area contributed by atoms with E-state index in [2.05, 4.69) is 0 Å². The fourth-order valence-electron chi connectivity index (χ4n) is 3.39. The van der Waals surface area contributed by atoms with E-state index in [-0.39, 0.29) is 48.9 Å². The van der Waals surface area contributed by atoms with Gasteiger partial charge >= 0.3 is 5.97 Å². The molecule has 0 unspecified atom stereocenters. The minimum Gasteiger partial charge on any atom is -0.465 e. The third kappa shape index (κ3) is 6.42. The summed E-state index contributed by atoms with van der Waals surface area (Å²) >= 11 is 5.84. The van der Waals surface area contributed by atoms with Crippen LogP contribution in [0.1, 0.15) is 33.6 Å².